The quantitative estimate of drug-likeness (QED) is 0.561. The maximum absolute atomic E-state index is 12.9. The summed E-state index contributed by atoms with van der Waals surface area (Å²) in [7, 11) is 1.43. The topological polar surface area (TPSA) is 81.5 Å². The fraction of sp³-hybridized carbons (Fsp3) is 0.409. The highest BCUT2D eigenvalue weighted by Crippen LogP contribution is 2.32. The third-order valence-corrected chi connectivity index (χ3v) is 4.58. The van der Waals surface area contributed by atoms with Crippen LogP contribution in [0.2, 0.25) is 0 Å². The van der Waals surface area contributed by atoms with Gasteiger partial charge in [0.15, 0.2) is 0 Å². The summed E-state index contributed by atoms with van der Waals surface area (Å²) in [6.07, 6.45) is 0. The van der Waals surface area contributed by atoms with Gasteiger partial charge in [0.25, 0.3) is 11.6 Å². The van der Waals surface area contributed by atoms with Crippen molar-refractivity contribution in [3.63, 3.8) is 0 Å². The lowest BCUT2D eigenvalue weighted by Crippen LogP contribution is -2.20. The zero-order chi connectivity index (χ0) is 21.3. The van der Waals surface area contributed by atoms with Crippen LogP contribution in [-0.2, 0) is 10.8 Å². The van der Waals surface area contributed by atoms with Gasteiger partial charge in [-0.3, -0.25) is 14.9 Å². The van der Waals surface area contributed by atoms with Gasteiger partial charge in [-0.2, -0.15) is 0 Å². The highest BCUT2D eigenvalue weighted by Gasteiger charge is 2.23. The first-order valence-corrected chi connectivity index (χ1v) is 9.13. The largest absolute Gasteiger partial charge is 0.496 e. The van der Waals surface area contributed by atoms with Gasteiger partial charge in [0, 0.05) is 5.56 Å². The maximum Gasteiger partial charge on any atom is 0.296 e. The summed E-state index contributed by atoms with van der Waals surface area (Å²) in [6.45, 7) is 12.5. The summed E-state index contributed by atoms with van der Waals surface area (Å²) in [5, 5.41) is 14.1. The predicted octanol–water partition coefficient (Wildman–Crippen LogP) is 5.45. The zero-order valence-corrected chi connectivity index (χ0v) is 17.5. The van der Waals surface area contributed by atoms with Crippen LogP contribution < -0.4 is 10.1 Å². The number of methoxy groups -OCH3 is 1. The van der Waals surface area contributed by atoms with Gasteiger partial charge in [-0.1, -0.05) is 47.6 Å². The Morgan fingerprint density at radius 2 is 1.50 bits per heavy atom. The summed E-state index contributed by atoms with van der Waals surface area (Å²) >= 11 is 0. The molecule has 0 radical (unpaired) electrons. The van der Waals surface area contributed by atoms with Crippen LogP contribution >= 0.6 is 0 Å². The van der Waals surface area contributed by atoms with Gasteiger partial charge in [0.1, 0.15) is 11.4 Å². The molecule has 150 valence electrons. The highest BCUT2D eigenvalue weighted by molar-refractivity contribution is 6.05. The Balaban J connectivity index is 2.49. The number of nitrogens with one attached hydrogen (secondary N) is 1. The van der Waals surface area contributed by atoms with Crippen molar-refractivity contribution in [3.8, 4) is 5.75 Å². The molecule has 0 fully saturated rings. The lowest BCUT2D eigenvalue weighted by molar-refractivity contribution is -0.384. The second-order valence-electron chi connectivity index (χ2n) is 8.89. The zero-order valence-electron chi connectivity index (χ0n) is 17.5. The van der Waals surface area contributed by atoms with Gasteiger partial charge in [-0.25, -0.2) is 0 Å². The van der Waals surface area contributed by atoms with Crippen molar-refractivity contribution in [2.75, 3.05) is 12.4 Å². The third kappa shape index (κ3) is 4.88. The second-order valence-corrected chi connectivity index (χ2v) is 8.89. The number of nitro groups is 1. The molecular weight excluding hydrogens is 356 g/mol. The molecule has 0 bridgehead atoms. The van der Waals surface area contributed by atoms with Crippen LogP contribution in [0.1, 0.15) is 63.0 Å². The molecule has 2 aromatic rings. The van der Waals surface area contributed by atoms with Crippen LogP contribution in [0.15, 0.2) is 36.4 Å². The van der Waals surface area contributed by atoms with Crippen molar-refractivity contribution in [1.29, 1.82) is 0 Å². The molecule has 28 heavy (non-hydrogen) atoms. The van der Waals surface area contributed by atoms with Crippen molar-refractivity contribution in [2.24, 2.45) is 0 Å². The van der Waals surface area contributed by atoms with Gasteiger partial charge in [-0.05, 0) is 46.2 Å². The minimum Gasteiger partial charge on any atom is -0.496 e. The standard InChI is InChI=1S/C22H28N2O4/c1-21(2,3)15-10-14(11-16(12-15)22(4,5)6)20(25)23-18-9-8-17(28-7)13-19(18)24(26)27/h8-13H,1-7H3,(H,23,25). The van der Waals surface area contributed by atoms with Crippen LogP contribution in [0.5, 0.6) is 5.75 Å². The Labute approximate surface area is 166 Å². The molecule has 0 spiro atoms. The minimum atomic E-state index is -0.537. The van der Waals surface area contributed by atoms with Gasteiger partial charge >= 0.3 is 0 Å². The molecule has 0 unspecified atom stereocenters. The van der Waals surface area contributed by atoms with E-state index in [1.54, 1.807) is 6.07 Å². The molecule has 1 N–H and O–H groups in total. The Morgan fingerprint density at radius 3 is 1.93 bits per heavy atom. The Hall–Kier alpha value is -2.89. The van der Waals surface area contributed by atoms with E-state index in [0.717, 1.165) is 11.1 Å². The number of hydrogen-bond acceptors (Lipinski definition) is 4. The van der Waals surface area contributed by atoms with E-state index in [1.807, 2.05) is 12.1 Å². The van der Waals surface area contributed by atoms with Crippen LogP contribution in [0, 0.1) is 10.1 Å². The summed E-state index contributed by atoms with van der Waals surface area (Å²) in [5.74, 6) is -0.0284. The number of amides is 1. The normalized spacial score (nSPS) is 11.8. The predicted molar refractivity (Wildman–Crippen MR) is 111 cm³/mol. The first kappa shape index (κ1) is 21.4. The van der Waals surface area contributed by atoms with E-state index in [9.17, 15) is 14.9 Å². The fourth-order valence-electron chi connectivity index (χ4n) is 2.71. The molecule has 0 heterocycles. The third-order valence-electron chi connectivity index (χ3n) is 4.58. The molecule has 1 amide bonds. The second kappa shape index (κ2) is 7.62. The number of anilines is 1. The number of hydrogen-bond donors (Lipinski definition) is 1. The van der Waals surface area contributed by atoms with E-state index in [-0.39, 0.29) is 28.1 Å². The van der Waals surface area contributed by atoms with Crippen molar-refractivity contribution >= 4 is 17.3 Å². The molecule has 0 aliphatic carbocycles. The average Bonchev–Trinajstić information content (AvgIpc) is 2.59. The monoisotopic (exact) mass is 384 g/mol. The van der Waals surface area contributed by atoms with Crippen molar-refractivity contribution in [3.05, 3.63) is 63.2 Å². The van der Waals surface area contributed by atoms with E-state index in [4.69, 9.17) is 4.74 Å². The Morgan fingerprint density at radius 1 is 0.964 bits per heavy atom. The fourth-order valence-corrected chi connectivity index (χ4v) is 2.71. The first-order valence-electron chi connectivity index (χ1n) is 9.13. The smallest absolute Gasteiger partial charge is 0.296 e. The summed E-state index contributed by atoms with van der Waals surface area (Å²) in [4.78, 5) is 23.8. The number of carbonyl (C=O) groups is 1. The maximum atomic E-state index is 12.9. The van der Waals surface area contributed by atoms with Crippen LogP contribution in [0.4, 0.5) is 11.4 Å². The summed E-state index contributed by atoms with van der Waals surface area (Å²) < 4.78 is 5.04. The molecule has 0 aliphatic rings. The SMILES string of the molecule is COc1ccc(NC(=O)c2cc(C(C)(C)C)cc(C(C)(C)C)c2)c([N+](=O)[O-])c1. The first-order chi connectivity index (χ1) is 12.8. The minimum absolute atomic E-state index is 0.134. The molecular formula is C22H28N2O4. The molecule has 2 aromatic carbocycles. The molecule has 0 atom stereocenters. The van der Waals surface area contributed by atoms with Gasteiger partial charge in [0.05, 0.1) is 18.1 Å². The lowest BCUT2D eigenvalue weighted by atomic mass is 9.79. The van der Waals surface area contributed by atoms with E-state index in [2.05, 4.69) is 52.9 Å². The van der Waals surface area contributed by atoms with Crippen molar-refractivity contribution < 1.29 is 14.5 Å². The number of nitro benzene ring substituents is 1. The molecule has 6 nitrogen and oxygen atoms in total. The molecule has 0 aliphatic heterocycles. The number of benzene rings is 2. The van der Waals surface area contributed by atoms with Crippen molar-refractivity contribution in [1.82, 2.24) is 0 Å². The van der Waals surface area contributed by atoms with E-state index >= 15 is 0 Å². The lowest BCUT2D eigenvalue weighted by Gasteiger charge is -2.26. The molecule has 2 rings (SSSR count). The molecule has 0 aromatic heterocycles. The van der Waals surface area contributed by atoms with Crippen LogP contribution in [-0.4, -0.2) is 17.9 Å². The number of nitrogens with zero attached hydrogens (tertiary/aromatic N) is 1. The molecule has 6 heteroatoms. The number of carbonyl (C=O) groups excluding carboxylic acids is 1. The molecule has 0 saturated carbocycles. The Bertz CT molecular complexity index is 873. The molecule has 0 saturated heterocycles. The van der Waals surface area contributed by atoms with Crippen molar-refractivity contribution in [2.45, 2.75) is 52.4 Å². The van der Waals surface area contributed by atoms with E-state index in [0.29, 0.717) is 11.3 Å². The van der Waals surface area contributed by atoms with E-state index < -0.39 is 4.92 Å². The van der Waals surface area contributed by atoms with Crippen LogP contribution in [0.3, 0.4) is 0 Å². The summed E-state index contributed by atoms with van der Waals surface area (Å²) in [5.41, 5.74) is 2.20. The average molecular weight is 384 g/mol. The highest BCUT2D eigenvalue weighted by atomic mass is 16.6. The number of ether oxygens (including phenoxy) is 1. The summed E-state index contributed by atoms with van der Waals surface area (Å²) in [6, 6.07) is 10.2. The van der Waals surface area contributed by atoms with Gasteiger partial charge in [0.2, 0.25) is 0 Å². The Kier molecular flexibility index (Phi) is 5.83. The van der Waals surface area contributed by atoms with Gasteiger partial charge in [-0.15, -0.1) is 0 Å². The van der Waals surface area contributed by atoms with Crippen LogP contribution in [0.25, 0.3) is 0 Å². The number of rotatable bonds is 4. The van der Waals surface area contributed by atoms with E-state index in [1.165, 1.54) is 19.2 Å². The van der Waals surface area contributed by atoms with Gasteiger partial charge < -0.3 is 10.1 Å².